The molecule has 1 aliphatic carbocycles. The molecule has 2 aliphatic rings. The fourth-order valence-corrected chi connectivity index (χ4v) is 3.75. The highest BCUT2D eigenvalue weighted by Gasteiger charge is 2.41. The molecule has 0 bridgehead atoms. The van der Waals surface area contributed by atoms with E-state index in [0.717, 1.165) is 37.4 Å². The Kier molecular flexibility index (Phi) is 4.19. The second-order valence-electron chi connectivity index (χ2n) is 5.57. The molecule has 0 radical (unpaired) electrons. The summed E-state index contributed by atoms with van der Waals surface area (Å²) in [7, 11) is 0. The monoisotopic (exact) mass is 323 g/mol. The van der Waals surface area contributed by atoms with Crippen LogP contribution in [0.4, 0.5) is 4.79 Å². The van der Waals surface area contributed by atoms with Gasteiger partial charge in [-0.2, -0.15) is 0 Å². The summed E-state index contributed by atoms with van der Waals surface area (Å²) in [5.41, 5.74) is 0.218. The van der Waals surface area contributed by atoms with E-state index >= 15 is 0 Å². The Hall–Kier alpha value is -1.83. The fourth-order valence-electron chi connectivity index (χ4n) is 2.99. The fraction of sp³-hybridized carbons (Fsp3) is 0.571. The summed E-state index contributed by atoms with van der Waals surface area (Å²) in [6.45, 7) is 1.71. The molecule has 1 saturated heterocycles. The summed E-state index contributed by atoms with van der Waals surface area (Å²) >= 11 is 1.03. The first-order valence-electron chi connectivity index (χ1n) is 7.29. The maximum absolute atomic E-state index is 12.2. The van der Waals surface area contributed by atoms with E-state index < -0.39 is 0 Å². The van der Waals surface area contributed by atoms with Crippen molar-refractivity contribution < 1.29 is 18.9 Å². The van der Waals surface area contributed by atoms with Crippen molar-refractivity contribution in [2.24, 2.45) is 0 Å². The third-order valence-corrected chi connectivity index (χ3v) is 4.86. The predicted octanol–water partition coefficient (Wildman–Crippen LogP) is 1.72. The molecular weight excluding hydrogens is 306 g/mol. The van der Waals surface area contributed by atoms with Crippen LogP contribution in [0.2, 0.25) is 0 Å². The molecular formula is C14H17N3O4S. The van der Waals surface area contributed by atoms with Gasteiger partial charge in [-0.3, -0.25) is 19.3 Å². The number of rotatable bonds is 3. The minimum Gasteiger partial charge on any atom is -0.361 e. The lowest BCUT2D eigenvalue weighted by atomic mass is 9.89. The lowest BCUT2D eigenvalue weighted by Gasteiger charge is -2.36. The second kappa shape index (κ2) is 6.12. The number of hydrogen-bond donors (Lipinski definition) is 1. The van der Waals surface area contributed by atoms with Crippen molar-refractivity contribution in [2.75, 3.05) is 5.75 Å². The van der Waals surface area contributed by atoms with E-state index in [1.165, 1.54) is 4.90 Å². The van der Waals surface area contributed by atoms with Gasteiger partial charge in [0.1, 0.15) is 5.76 Å². The standard InChI is InChI=1S/C14H17N3O4S/c1-8-6-10(16-21-8)13(19)15-9-4-2-3-5-11(9)17-12(18)7-22-14(17)20/h6,9,11H,2-5,7H2,1H3,(H,15,19). The highest BCUT2D eigenvalue weighted by molar-refractivity contribution is 8.14. The molecule has 2 unspecified atom stereocenters. The Bertz CT molecular complexity index is 599. The van der Waals surface area contributed by atoms with Crippen LogP contribution in [0.25, 0.3) is 0 Å². The first-order chi connectivity index (χ1) is 10.6. The molecule has 1 aliphatic heterocycles. The van der Waals surface area contributed by atoms with E-state index in [2.05, 4.69) is 10.5 Å². The van der Waals surface area contributed by atoms with Crippen molar-refractivity contribution in [1.82, 2.24) is 15.4 Å². The van der Waals surface area contributed by atoms with Gasteiger partial charge in [0.15, 0.2) is 5.69 Å². The van der Waals surface area contributed by atoms with Gasteiger partial charge in [0.2, 0.25) is 5.91 Å². The van der Waals surface area contributed by atoms with Crippen LogP contribution < -0.4 is 5.32 Å². The van der Waals surface area contributed by atoms with Gasteiger partial charge < -0.3 is 9.84 Å². The minimum absolute atomic E-state index is 0.168. The van der Waals surface area contributed by atoms with E-state index in [-0.39, 0.29) is 40.6 Å². The van der Waals surface area contributed by atoms with Crippen LogP contribution in [0, 0.1) is 6.92 Å². The molecule has 1 aromatic rings. The third kappa shape index (κ3) is 2.87. The molecule has 3 amide bonds. The SMILES string of the molecule is Cc1cc(C(=O)NC2CCCCC2N2C(=O)CSC2=O)no1. The number of nitrogens with zero attached hydrogens (tertiary/aromatic N) is 2. The van der Waals surface area contributed by atoms with Crippen molar-refractivity contribution in [2.45, 2.75) is 44.7 Å². The predicted molar refractivity (Wildman–Crippen MR) is 79.5 cm³/mol. The number of nitrogens with one attached hydrogen (secondary N) is 1. The lowest BCUT2D eigenvalue weighted by Crippen LogP contribution is -2.54. The Morgan fingerprint density at radius 1 is 1.41 bits per heavy atom. The van der Waals surface area contributed by atoms with Crippen molar-refractivity contribution in [3.63, 3.8) is 0 Å². The van der Waals surface area contributed by atoms with Crippen molar-refractivity contribution in [3.8, 4) is 0 Å². The lowest BCUT2D eigenvalue weighted by molar-refractivity contribution is -0.127. The number of amides is 3. The number of aromatic nitrogens is 1. The zero-order valence-electron chi connectivity index (χ0n) is 12.2. The highest BCUT2D eigenvalue weighted by atomic mass is 32.2. The molecule has 3 rings (SSSR count). The Balaban J connectivity index is 1.74. The van der Waals surface area contributed by atoms with Crippen LogP contribution in [-0.4, -0.2) is 44.9 Å². The summed E-state index contributed by atoms with van der Waals surface area (Å²) in [5.74, 6) is 0.254. The number of carbonyl (C=O) groups excluding carboxylic acids is 3. The van der Waals surface area contributed by atoms with Crippen LogP contribution in [-0.2, 0) is 4.79 Å². The number of carbonyl (C=O) groups is 3. The van der Waals surface area contributed by atoms with Crippen LogP contribution in [0.3, 0.4) is 0 Å². The van der Waals surface area contributed by atoms with Gasteiger partial charge in [-0.25, -0.2) is 0 Å². The normalized spacial score (nSPS) is 25.6. The Labute approximate surface area is 131 Å². The van der Waals surface area contributed by atoms with Crippen molar-refractivity contribution >= 4 is 28.8 Å². The van der Waals surface area contributed by atoms with Gasteiger partial charge >= 0.3 is 0 Å². The summed E-state index contributed by atoms with van der Waals surface area (Å²) < 4.78 is 4.90. The maximum atomic E-state index is 12.2. The average Bonchev–Trinajstić information content (AvgIpc) is 3.06. The molecule has 2 heterocycles. The minimum atomic E-state index is -0.333. The molecule has 1 aromatic heterocycles. The second-order valence-corrected chi connectivity index (χ2v) is 6.50. The van der Waals surface area contributed by atoms with Gasteiger partial charge in [-0.15, -0.1) is 0 Å². The first kappa shape index (κ1) is 15.1. The third-order valence-electron chi connectivity index (χ3n) is 4.02. The molecule has 1 saturated carbocycles. The number of aryl methyl sites for hydroxylation is 1. The molecule has 2 atom stereocenters. The summed E-state index contributed by atoms with van der Waals surface area (Å²) in [5, 5.41) is 6.38. The first-order valence-corrected chi connectivity index (χ1v) is 8.28. The zero-order valence-corrected chi connectivity index (χ0v) is 13.0. The largest absolute Gasteiger partial charge is 0.361 e. The number of imide groups is 1. The number of thioether (sulfide) groups is 1. The van der Waals surface area contributed by atoms with E-state index in [9.17, 15) is 14.4 Å². The number of hydrogen-bond acceptors (Lipinski definition) is 6. The molecule has 118 valence electrons. The van der Waals surface area contributed by atoms with Gasteiger partial charge in [0, 0.05) is 6.07 Å². The summed E-state index contributed by atoms with van der Waals surface area (Å²) in [6, 6.07) is 1.07. The molecule has 22 heavy (non-hydrogen) atoms. The Morgan fingerprint density at radius 2 is 2.18 bits per heavy atom. The topological polar surface area (TPSA) is 92.5 Å². The molecule has 2 fully saturated rings. The van der Waals surface area contributed by atoms with E-state index in [1.807, 2.05) is 0 Å². The zero-order chi connectivity index (χ0) is 15.7. The molecule has 7 nitrogen and oxygen atoms in total. The molecule has 0 aromatic carbocycles. The smallest absolute Gasteiger partial charge is 0.289 e. The van der Waals surface area contributed by atoms with Crippen LogP contribution in [0.1, 0.15) is 41.9 Å². The quantitative estimate of drug-likeness (QED) is 0.910. The van der Waals surface area contributed by atoms with E-state index in [0.29, 0.717) is 5.76 Å². The van der Waals surface area contributed by atoms with Crippen LogP contribution >= 0.6 is 11.8 Å². The van der Waals surface area contributed by atoms with Gasteiger partial charge in [-0.05, 0) is 19.8 Å². The summed E-state index contributed by atoms with van der Waals surface area (Å²) in [6.07, 6.45) is 3.38. The van der Waals surface area contributed by atoms with Crippen molar-refractivity contribution in [3.05, 3.63) is 17.5 Å². The molecule has 1 N–H and O–H groups in total. The molecule has 0 spiro atoms. The molecule has 8 heteroatoms. The highest BCUT2D eigenvalue weighted by Crippen LogP contribution is 2.30. The van der Waals surface area contributed by atoms with E-state index in [4.69, 9.17) is 4.52 Å². The maximum Gasteiger partial charge on any atom is 0.289 e. The van der Waals surface area contributed by atoms with Crippen LogP contribution in [0.5, 0.6) is 0 Å². The Morgan fingerprint density at radius 3 is 2.82 bits per heavy atom. The average molecular weight is 323 g/mol. The van der Waals surface area contributed by atoms with Gasteiger partial charge in [0.25, 0.3) is 11.1 Å². The van der Waals surface area contributed by atoms with Gasteiger partial charge in [0.05, 0.1) is 17.8 Å². The van der Waals surface area contributed by atoms with Crippen LogP contribution in [0.15, 0.2) is 10.6 Å². The van der Waals surface area contributed by atoms with Gasteiger partial charge in [-0.1, -0.05) is 29.8 Å². The summed E-state index contributed by atoms with van der Waals surface area (Å²) in [4.78, 5) is 37.4. The van der Waals surface area contributed by atoms with Crippen molar-refractivity contribution in [1.29, 1.82) is 0 Å². The van der Waals surface area contributed by atoms with E-state index in [1.54, 1.807) is 13.0 Å².